The van der Waals surface area contributed by atoms with Crippen LogP contribution in [0, 0.1) is 5.92 Å². The van der Waals surface area contributed by atoms with Crippen LogP contribution in [-0.2, 0) is 14.4 Å². The van der Waals surface area contributed by atoms with Gasteiger partial charge in [-0.2, -0.15) is 0 Å². The second-order valence-corrected chi connectivity index (χ2v) is 5.82. The summed E-state index contributed by atoms with van der Waals surface area (Å²) in [6.07, 6.45) is 0.634. The molecule has 6 heteroatoms. The first-order valence-electron chi connectivity index (χ1n) is 7.83. The fourth-order valence-electron chi connectivity index (χ4n) is 2.79. The molecule has 2 amide bonds. The Balaban J connectivity index is 1.87. The number of likely N-dealkylation sites (tertiary alicyclic amines) is 1. The van der Waals surface area contributed by atoms with Crippen molar-refractivity contribution >= 4 is 17.8 Å². The van der Waals surface area contributed by atoms with Gasteiger partial charge in [-0.3, -0.25) is 14.4 Å². The maximum atomic E-state index is 12.2. The molecule has 1 aliphatic heterocycles. The average Bonchev–Trinajstić information content (AvgIpc) is 2.93. The van der Waals surface area contributed by atoms with E-state index in [0.29, 0.717) is 19.5 Å². The van der Waals surface area contributed by atoms with Crippen molar-refractivity contribution in [2.45, 2.75) is 32.2 Å². The van der Waals surface area contributed by atoms with Crippen molar-refractivity contribution in [2.24, 2.45) is 5.92 Å². The number of rotatable bonds is 7. The van der Waals surface area contributed by atoms with Gasteiger partial charge in [0.15, 0.2) is 0 Å². The summed E-state index contributed by atoms with van der Waals surface area (Å²) in [5, 5.41) is 11.3. The maximum Gasteiger partial charge on any atom is 0.303 e. The van der Waals surface area contributed by atoms with Gasteiger partial charge in [-0.05, 0) is 18.9 Å². The zero-order chi connectivity index (χ0) is 16.8. The molecule has 0 radical (unpaired) electrons. The van der Waals surface area contributed by atoms with Crippen molar-refractivity contribution in [3.05, 3.63) is 35.9 Å². The van der Waals surface area contributed by atoms with Crippen LogP contribution in [0.25, 0.3) is 0 Å². The van der Waals surface area contributed by atoms with Crippen molar-refractivity contribution in [3.63, 3.8) is 0 Å². The Morgan fingerprint density at radius 1 is 1.35 bits per heavy atom. The molecule has 2 atom stereocenters. The van der Waals surface area contributed by atoms with Gasteiger partial charge in [0.25, 0.3) is 0 Å². The summed E-state index contributed by atoms with van der Waals surface area (Å²) in [5.41, 5.74) is 1.04. The molecule has 0 aromatic heterocycles. The predicted molar refractivity (Wildman–Crippen MR) is 84.6 cm³/mol. The second-order valence-electron chi connectivity index (χ2n) is 5.82. The van der Waals surface area contributed by atoms with Gasteiger partial charge in [0.05, 0.1) is 12.0 Å². The largest absolute Gasteiger partial charge is 0.481 e. The number of hydrogen-bond donors (Lipinski definition) is 2. The van der Waals surface area contributed by atoms with E-state index in [0.717, 1.165) is 5.56 Å². The predicted octanol–water partition coefficient (Wildman–Crippen LogP) is 1.58. The molecule has 2 unspecified atom stereocenters. The lowest BCUT2D eigenvalue weighted by atomic mass is 10.1. The van der Waals surface area contributed by atoms with Crippen LogP contribution in [0.1, 0.15) is 37.8 Å². The third-order valence-corrected chi connectivity index (χ3v) is 4.15. The quantitative estimate of drug-likeness (QED) is 0.747. The molecule has 23 heavy (non-hydrogen) atoms. The molecule has 2 rings (SSSR count). The molecule has 1 aliphatic rings. The van der Waals surface area contributed by atoms with Crippen molar-refractivity contribution in [3.8, 4) is 0 Å². The Kier molecular flexibility index (Phi) is 5.73. The molecule has 1 aromatic carbocycles. The third-order valence-electron chi connectivity index (χ3n) is 4.15. The van der Waals surface area contributed by atoms with Crippen LogP contribution in [0.5, 0.6) is 0 Å². The Labute approximate surface area is 135 Å². The molecular formula is C17H22N2O4. The molecule has 0 saturated carbocycles. The fraction of sp³-hybridized carbons (Fsp3) is 0.471. The average molecular weight is 318 g/mol. The number of nitrogens with zero attached hydrogens (tertiary/aromatic N) is 1. The fourth-order valence-corrected chi connectivity index (χ4v) is 2.79. The number of amides is 2. The Hall–Kier alpha value is -2.37. The van der Waals surface area contributed by atoms with Gasteiger partial charge in [-0.25, -0.2) is 0 Å². The van der Waals surface area contributed by atoms with E-state index in [1.165, 1.54) is 0 Å². The SMILES string of the molecule is CC(c1ccccc1)N1CC(C(=O)NCCCC(=O)O)CC1=O. The van der Waals surface area contributed by atoms with Gasteiger partial charge < -0.3 is 15.3 Å². The van der Waals surface area contributed by atoms with Crippen LogP contribution >= 0.6 is 0 Å². The van der Waals surface area contributed by atoms with Crippen molar-refractivity contribution in [2.75, 3.05) is 13.1 Å². The van der Waals surface area contributed by atoms with Crippen molar-refractivity contribution < 1.29 is 19.5 Å². The minimum Gasteiger partial charge on any atom is -0.481 e. The number of carboxylic acids is 1. The molecule has 0 spiro atoms. The van der Waals surface area contributed by atoms with Crippen LogP contribution in [0.2, 0.25) is 0 Å². The van der Waals surface area contributed by atoms with Gasteiger partial charge in [-0.1, -0.05) is 30.3 Å². The summed E-state index contributed by atoms with van der Waals surface area (Å²) in [6, 6.07) is 9.66. The highest BCUT2D eigenvalue weighted by Crippen LogP contribution is 2.28. The zero-order valence-electron chi connectivity index (χ0n) is 13.2. The lowest BCUT2D eigenvalue weighted by Crippen LogP contribution is -2.34. The molecule has 0 aliphatic carbocycles. The van der Waals surface area contributed by atoms with Crippen molar-refractivity contribution in [1.29, 1.82) is 0 Å². The zero-order valence-corrected chi connectivity index (χ0v) is 13.2. The molecule has 1 fully saturated rings. The first-order valence-corrected chi connectivity index (χ1v) is 7.83. The molecule has 0 bridgehead atoms. The summed E-state index contributed by atoms with van der Waals surface area (Å²) in [6.45, 7) is 2.68. The number of aliphatic carboxylic acids is 1. The minimum absolute atomic E-state index is 0.0213. The number of benzene rings is 1. The van der Waals surface area contributed by atoms with Crippen molar-refractivity contribution in [1.82, 2.24) is 10.2 Å². The monoisotopic (exact) mass is 318 g/mol. The van der Waals surface area contributed by atoms with Crippen LogP contribution in [0.4, 0.5) is 0 Å². The van der Waals surface area contributed by atoms with E-state index >= 15 is 0 Å². The van der Waals surface area contributed by atoms with E-state index < -0.39 is 5.97 Å². The molecule has 1 heterocycles. The Bertz CT molecular complexity index is 573. The molecular weight excluding hydrogens is 296 g/mol. The Morgan fingerprint density at radius 3 is 2.70 bits per heavy atom. The number of nitrogens with one attached hydrogen (secondary N) is 1. The molecule has 2 N–H and O–H groups in total. The number of carbonyl (C=O) groups is 3. The highest BCUT2D eigenvalue weighted by atomic mass is 16.4. The van der Waals surface area contributed by atoms with Crippen LogP contribution in [0.15, 0.2) is 30.3 Å². The number of hydrogen-bond acceptors (Lipinski definition) is 3. The van der Waals surface area contributed by atoms with Gasteiger partial charge in [-0.15, -0.1) is 0 Å². The smallest absolute Gasteiger partial charge is 0.303 e. The summed E-state index contributed by atoms with van der Waals surface area (Å²) in [7, 11) is 0. The normalized spacial score (nSPS) is 18.7. The van der Waals surface area contributed by atoms with E-state index in [4.69, 9.17) is 5.11 Å². The first-order chi connectivity index (χ1) is 11.0. The highest BCUT2D eigenvalue weighted by molar-refractivity contribution is 5.89. The van der Waals surface area contributed by atoms with Crippen LogP contribution < -0.4 is 5.32 Å². The molecule has 1 aromatic rings. The van der Waals surface area contributed by atoms with Gasteiger partial charge in [0.1, 0.15) is 0 Å². The van der Waals surface area contributed by atoms with E-state index in [2.05, 4.69) is 5.32 Å². The summed E-state index contributed by atoms with van der Waals surface area (Å²) in [5.74, 6) is -1.44. The minimum atomic E-state index is -0.877. The summed E-state index contributed by atoms with van der Waals surface area (Å²) >= 11 is 0. The number of carbonyl (C=O) groups excluding carboxylic acids is 2. The summed E-state index contributed by atoms with van der Waals surface area (Å²) in [4.78, 5) is 36.5. The lowest BCUT2D eigenvalue weighted by molar-refractivity contribution is -0.137. The summed E-state index contributed by atoms with van der Waals surface area (Å²) < 4.78 is 0. The first kappa shape index (κ1) is 17.0. The molecule has 1 saturated heterocycles. The topological polar surface area (TPSA) is 86.7 Å². The van der Waals surface area contributed by atoms with E-state index in [1.807, 2.05) is 37.3 Å². The van der Waals surface area contributed by atoms with Gasteiger partial charge in [0.2, 0.25) is 11.8 Å². The Morgan fingerprint density at radius 2 is 2.04 bits per heavy atom. The lowest BCUT2D eigenvalue weighted by Gasteiger charge is -2.25. The van der Waals surface area contributed by atoms with E-state index in [9.17, 15) is 14.4 Å². The van der Waals surface area contributed by atoms with Crippen LogP contribution in [0.3, 0.4) is 0 Å². The van der Waals surface area contributed by atoms with Gasteiger partial charge in [0, 0.05) is 25.9 Å². The van der Waals surface area contributed by atoms with Gasteiger partial charge >= 0.3 is 5.97 Å². The number of carboxylic acid groups (broad SMARTS) is 1. The second kappa shape index (κ2) is 7.76. The van der Waals surface area contributed by atoms with Crippen LogP contribution in [-0.4, -0.2) is 40.9 Å². The standard InChI is InChI=1S/C17H22N2O4/c1-12(13-6-3-2-4-7-13)19-11-14(10-15(19)20)17(23)18-9-5-8-16(21)22/h2-4,6-7,12,14H,5,8-11H2,1H3,(H,18,23)(H,21,22). The maximum absolute atomic E-state index is 12.2. The van der Waals surface area contributed by atoms with E-state index in [1.54, 1.807) is 4.90 Å². The molecule has 6 nitrogen and oxygen atoms in total. The highest BCUT2D eigenvalue weighted by Gasteiger charge is 2.36. The van der Waals surface area contributed by atoms with E-state index in [-0.39, 0.29) is 36.6 Å². The third kappa shape index (κ3) is 4.55. The molecule has 124 valence electrons.